The normalized spacial score (nSPS) is 22.8. The lowest BCUT2D eigenvalue weighted by Crippen LogP contribution is -2.50. The average Bonchev–Trinajstić information content (AvgIpc) is 3.45. The summed E-state index contributed by atoms with van der Waals surface area (Å²) >= 11 is 0. The maximum Gasteiger partial charge on any atom is 0.261 e. The molecule has 1 aromatic rings. The second-order valence-corrected chi connectivity index (χ2v) is 7.89. The monoisotopic (exact) mass is 383 g/mol. The Morgan fingerprint density at radius 3 is 2.21 bits per heavy atom. The molecule has 2 unspecified atom stereocenters. The number of carbonyl (C=O) groups is 4. The van der Waals surface area contributed by atoms with Crippen molar-refractivity contribution in [2.24, 2.45) is 5.92 Å². The fourth-order valence-electron chi connectivity index (χ4n) is 4.48. The second-order valence-electron chi connectivity index (χ2n) is 7.89. The van der Waals surface area contributed by atoms with Crippen LogP contribution in [0.4, 0.5) is 0 Å². The van der Waals surface area contributed by atoms with E-state index in [0.717, 1.165) is 37.3 Å². The van der Waals surface area contributed by atoms with Gasteiger partial charge in [-0.25, -0.2) is 0 Å². The van der Waals surface area contributed by atoms with Gasteiger partial charge >= 0.3 is 0 Å². The first kappa shape index (κ1) is 18.7. The highest BCUT2D eigenvalue weighted by Crippen LogP contribution is 2.26. The van der Waals surface area contributed by atoms with Crippen LogP contribution in [0.1, 0.15) is 53.3 Å². The van der Waals surface area contributed by atoms with Crippen LogP contribution in [0.25, 0.3) is 0 Å². The topological polar surface area (TPSA) is 78.0 Å². The van der Waals surface area contributed by atoms with Crippen molar-refractivity contribution >= 4 is 23.6 Å². The van der Waals surface area contributed by atoms with Gasteiger partial charge in [-0.05, 0) is 37.8 Å². The van der Waals surface area contributed by atoms with Crippen molar-refractivity contribution in [3.8, 4) is 0 Å². The molecule has 2 saturated heterocycles. The van der Waals surface area contributed by atoms with Gasteiger partial charge in [-0.1, -0.05) is 19.1 Å². The van der Waals surface area contributed by atoms with Gasteiger partial charge in [-0.2, -0.15) is 0 Å². The Bertz CT molecular complexity index is 796. The molecule has 0 saturated carbocycles. The predicted octanol–water partition coefficient (Wildman–Crippen LogP) is 1.53. The van der Waals surface area contributed by atoms with E-state index in [4.69, 9.17) is 0 Å². The maximum atomic E-state index is 13.1. The van der Waals surface area contributed by atoms with E-state index in [-0.39, 0.29) is 30.2 Å². The zero-order chi connectivity index (χ0) is 19.8. The van der Waals surface area contributed by atoms with Crippen molar-refractivity contribution in [2.75, 3.05) is 26.2 Å². The van der Waals surface area contributed by atoms with Crippen LogP contribution >= 0.6 is 0 Å². The molecule has 0 aliphatic carbocycles. The Kier molecular flexibility index (Phi) is 4.91. The van der Waals surface area contributed by atoms with E-state index in [1.165, 1.54) is 0 Å². The molecule has 0 spiro atoms. The first-order valence-electron chi connectivity index (χ1n) is 10.0. The number of amides is 4. The molecule has 0 aromatic heterocycles. The van der Waals surface area contributed by atoms with Crippen LogP contribution in [0, 0.1) is 5.92 Å². The molecular formula is C21H25N3O4. The van der Waals surface area contributed by atoms with Gasteiger partial charge in [0.1, 0.15) is 6.04 Å². The predicted molar refractivity (Wildman–Crippen MR) is 102 cm³/mol. The summed E-state index contributed by atoms with van der Waals surface area (Å²) in [6.07, 6.45) is 3.52. The molecular weight excluding hydrogens is 358 g/mol. The number of carbonyl (C=O) groups excluding carboxylic acids is 4. The van der Waals surface area contributed by atoms with Crippen LogP contribution in [0.15, 0.2) is 24.3 Å². The van der Waals surface area contributed by atoms with Crippen molar-refractivity contribution in [3.63, 3.8) is 0 Å². The van der Waals surface area contributed by atoms with Crippen LogP contribution < -0.4 is 0 Å². The number of hydrogen-bond acceptors (Lipinski definition) is 4. The Morgan fingerprint density at radius 2 is 1.61 bits per heavy atom. The van der Waals surface area contributed by atoms with Crippen LogP contribution in [0.5, 0.6) is 0 Å². The van der Waals surface area contributed by atoms with Crippen molar-refractivity contribution in [1.29, 1.82) is 0 Å². The highest BCUT2D eigenvalue weighted by Gasteiger charge is 2.41. The quantitative estimate of drug-likeness (QED) is 0.739. The summed E-state index contributed by atoms with van der Waals surface area (Å²) in [6.45, 7) is 3.84. The van der Waals surface area contributed by atoms with Gasteiger partial charge in [0.2, 0.25) is 11.8 Å². The lowest BCUT2D eigenvalue weighted by atomic mass is 10.1. The van der Waals surface area contributed by atoms with Crippen LogP contribution in [0.2, 0.25) is 0 Å². The molecule has 7 heteroatoms. The Balaban J connectivity index is 1.44. The van der Waals surface area contributed by atoms with Gasteiger partial charge in [-0.3, -0.25) is 24.1 Å². The molecule has 2 atom stereocenters. The van der Waals surface area contributed by atoms with Crippen molar-refractivity contribution in [3.05, 3.63) is 35.4 Å². The molecule has 3 heterocycles. The molecule has 4 amide bonds. The molecule has 3 aliphatic heterocycles. The second kappa shape index (κ2) is 7.37. The van der Waals surface area contributed by atoms with Crippen molar-refractivity contribution in [1.82, 2.24) is 14.7 Å². The third kappa shape index (κ3) is 3.08. The van der Waals surface area contributed by atoms with E-state index in [2.05, 4.69) is 0 Å². The van der Waals surface area contributed by atoms with Crippen LogP contribution in [-0.4, -0.2) is 70.5 Å². The Morgan fingerprint density at radius 1 is 1.00 bits per heavy atom. The fraction of sp³-hybridized carbons (Fsp3) is 0.524. The molecule has 0 bridgehead atoms. The first-order chi connectivity index (χ1) is 13.5. The van der Waals surface area contributed by atoms with Crippen molar-refractivity contribution in [2.45, 2.75) is 38.6 Å². The summed E-state index contributed by atoms with van der Waals surface area (Å²) in [5.74, 6) is -1.38. The van der Waals surface area contributed by atoms with E-state index < -0.39 is 12.0 Å². The maximum absolute atomic E-state index is 13.1. The highest BCUT2D eigenvalue weighted by molar-refractivity contribution is 6.21. The van der Waals surface area contributed by atoms with Gasteiger partial charge < -0.3 is 9.80 Å². The standard InChI is InChI=1S/C21H25N3O4/c1-14(13-24-19(26)15-7-2-3-8-16(15)20(24)27)18(25)23-12-6-9-17(23)21(28)22-10-4-5-11-22/h2-3,7-8,14,17H,4-6,9-13H2,1H3. The minimum atomic E-state index is -0.547. The summed E-state index contributed by atoms with van der Waals surface area (Å²) in [7, 11) is 0. The minimum absolute atomic E-state index is 0.0340. The first-order valence-corrected chi connectivity index (χ1v) is 10.0. The summed E-state index contributed by atoms with van der Waals surface area (Å²) in [5, 5.41) is 0. The smallest absolute Gasteiger partial charge is 0.261 e. The van der Waals surface area contributed by atoms with Gasteiger partial charge in [0.05, 0.1) is 17.0 Å². The van der Waals surface area contributed by atoms with Gasteiger partial charge in [0.15, 0.2) is 0 Å². The molecule has 3 aliphatic rings. The van der Waals surface area contributed by atoms with Gasteiger partial charge in [0.25, 0.3) is 11.8 Å². The Hall–Kier alpha value is -2.70. The van der Waals surface area contributed by atoms with Crippen molar-refractivity contribution < 1.29 is 19.2 Å². The lowest BCUT2D eigenvalue weighted by Gasteiger charge is -2.30. The molecule has 148 valence electrons. The number of rotatable bonds is 4. The van der Waals surface area contributed by atoms with E-state index >= 15 is 0 Å². The molecule has 0 N–H and O–H groups in total. The molecule has 7 nitrogen and oxygen atoms in total. The molecule has 4 rings (SSSR count). The molecule has 28 heavy (non-hydrogen) atoms. The van der Waals surface area contributed by atoms with E-state index in [9.17, 15) is 19.2 Å². The SMILES string of the molecule is CC(CN1C(=O)c2ccccc2C1=O)C(=O)N1CCCC1C(=O)N1CCCC1. The highest BCUT2D eigenvalue weighted by atomic mass is 16.2. The third-order valence-corrected chi connectivity index (χ3v) is 5.99. The third-order valence-electron chi connectivity index (χ3n) is 5.99. The molecule has 0 radical (unpaired) electrons. The number of fused-ring (bicyclic) bond motifs is 1. The lowest BCUT2D eigenvalue weighted by molar-refractivity contribution is -0.145. The summed E-state index contributed by atoms with van der Waals surface area (Å²) < 4.78 is 0. The summed E-state index contributed by atoms with van der Waals surface area (Å²) in [6, 6.07) is 6.30. The van der Waals surface area contributed by atoms with Crippen LogP contribution in [0.3, 0.4) is 0 Å². The number of nitrogens with zero attached hydrogens (tertiary/aromatic N) is 3. The van der Waals surface area contributed by atoms with Gasteiger partial charge in [0, 0.05) is 26.2 Å². The van der Waals surface area contributed by atoms with Gasteiger partial charge in [-0.15, -0.1) is 0 Å². The van der Waals surface area contributed by atoms with E-state index in [1.807, 2.05) is 4.90 Å². The zero-order valence-electron chi connectivity index (χ0n) is 16.1. The number of hydrogen-bond donors (Lipinski definition) is 0. The number of benzene rings is 1. The minimum Gasteiger partial charge on any atom is -0.341 e. The summed E-state index contributed by atoms with van der Waals surface area (Å²) in [4.78, 5) is 55.6. The molecule has 1 aromatic carbocycles. The largest absolute Gasteiger partial charge is 0.341 e. The summed E-state index contributed by atoms with van der Waals surface area (Å²) in [5.41, 5.74) is 0.769. The zero-order valence-corrected chi connectivity index (χ0v) is 16.1. The molecule has 2 fully saturated rings. The fourth-order valence-corrected chi connectivity index (χ4v) is 4.48. The van der Waals surface area contributed by atoms with Crippen LogP contribution in [-0.2, 0) is 9.59 Å². The number of likely N-dealkylation sites (tertiary alicyclic amines) is 2. The number of imide groups is 1. The van der Waals surface area contributed by atoms with E-state index in [1.54, 1.807) is 36.1 Å². The average molecular weight is 383 g/mol. The van der Waals surface area contributed by atoms with E-state index in [0.29, 0.717) is 24.1 Å². The Labute approximate surface area is 164 Å².